The fourth-order valence-electron chi connectivity index (χ4n) is 0.315. The van der Waals surface area contributed by atoms with Crippen molar-refractivity contribution in [3.8, 4) is 0 Å². The van der Waals surface area contributed by atoms with E-state index in [2.05, 4.69) is 20.8 Å². The monoisotopic (exact) mass is 218 g/mol. The second kappa shape index (κ2) is 19.2. The van der Waals surface area contributed by atoms with E-state index < -0.39 is 0 Å². The van der Waals surface area contributed by atoms with Crippen LogP contribution < -0.4 is 0 Å². The highest BCUT2D eigenvalue weighted by molar-refractivity contribution is 5.52. The number of rotatable bonds is 4. The minimum Gasteiger partial charge on any atom is -0.396 e. The van der Waals surface area contributed by atoms with Crippen molar-refractivity contribution in [3.05, 3.63) is 0 Å². The Kier molecular flexibility index (Phi) is 25.8. The normalized spacial score (nSPS) is 10.7. The lowest BCUT2D eigenvalue weighted by atomic mass is 10.0. The molecule has 0 amide bonds. The van der Waals surface area contributed by atoms with E-state index in [-0.39, 0.29) is 5.92 Å². The van der Waals surface area contributed by atoms with E-state index in [9.17, 15) is 4.79 Å². The van der Waals surface area contributed by atoms with Gasteiger partial charge in [-0.1, -0.05) is 54.4 Å². The molecule has 0 aliphatic rings. The molecule has 0 rings (SSSR count). The highest BCUT2D eigenvalue weighted by Gasteiger charge is 2.02. The molecule has 0 bridgehead atoms. The molecule has 0 saturated heterocycles. The number of aldehydes is 1. The summed E-state index contributed by atoms with van der Waals surface area (Å²) in [5.41, 5.74) is 0. The zero-order valence-corrected chi connectivity index (χ0v) is 11.4. The molecule has 94 valence electrons. The van der Waals surface area contributed by atoms with Gasteiger partial charge in [0, 0.05) is 12.5 Å². The van der Waals surface area contributed by atoms with Gasteiger partial charge in [-0.3, -0.25) is 0 Å². The van der Waals surface area contributed by atoms with Crippen LogP contribution in [-0.2, 0) is 4.79 Å². The predicted octanol–water partition coefficient (Wildman–Crippen LogP) is 3.67. The first-order chi connectivity index (χ1) is 7.01. The second-order valence-corrected chi connectivity index (χ2v) is 4.02. The molecule has 0 aromatic rings. The topological polar surface area (TPSA) is 37.3 Å². The van der Waals surface area contributed by atoms with Gasteiger partial charge in [0.1, 0.15) is 6.29 Å². The maximum atomic E-state index is 9.95. The second-order valence-electron chi connectivity index (χ2n) is 4.02. The van der Waals surface area contributed by atoms with Crippen LogP contribution in [0.2, 0.25) is 0 Å². The zero-order valence-electron chi connectivity index (χ0n) is 11.4. The molecule has 0 radical (unpaired) electrons. The number of hydrogen-bond donors (Lipinski definition) is 1. The summed E-state index contributed by atoms with van der Waals surface area (Å²) in [6.45, 7) is 12.7. The van der Waals surface area contributed by atoms with Gasteiger partial charge < -0.3 is 9.90 Å². The van der Waals surface area contributed by atoms with Crippen molar-refractivity contribution < 1.29 is 9.90 Å². The van der Waals surface area contributed by atoms with E-state index in [4.69, 9.17) is 5.11 Å². The number of carbonyl (C=O) groups excluding carboxylic acids is 1. The molecule has 2 nitrogen and oxygen atoms in total. The highest BCUT2D eigenvalue weighted by Crippen LogP contribution is 2.04. The lowest BCUT2D eigenvalue weighted by molar-refractivity contribution is -0.111. The van der Waals surface area contributed by atoms with Crippen molar-refractivity contribution in [1.29, 1.82) is 0 Å². The maximum absolute atomic E-state index is 9.95. The number of hydrogen-bond acceptors (Lipinski definition) is 2. The molecule has 0 heterocycles. The summed E-state index contributed by atoms with van der Waals surface area (Å²) in [6, 6.07) is 0. The summed E-state index contributed by atoms with van der Waals surface area (Å²) in [7, 11) is 0. The molecule has 0 spiro atoms. The van der Waals surface area contributed by atoms with Crippen LogP contribution >= 0.6 is 0 Å². The SMILES string of the molecule is CC(C)C(C)C=O.CCC.CCCCO. The van der Waals surface area contributed by atoms with E-state index in [0.29, 0.717) is 12.5 Å². The van der Waals surface area contributed by atoms with Crippen molar-refractivity contribution in [1.82, 2.24) is 0 Å². The number of aliphatic hydroxyl groups is 1. The Balaban J connectivity index is -0.000000158. The molecular weight excluding hydrogens is 188 g/mol. The molecule has 1 unspecified atom stereocenters. The largest absolute Gasteiger partial charge is 0.396 e. The fourth-order valence-corrected chi connectivity index (χ4v) is 0.315. The van der Waals surface area contributed by atoms with Crippen LogP contribution in [0, 0.1) is 11.8 Å². The summed E-state index contributed by atoms with van der Waals surface area (Å²) < 4.78 is 0. The Labute approximate surface area is 96.1 Å². The van der Waals surface area contributed by atoms with Crippen LogP contribution in [0.4, 0.5) is 0 Å². The molecular formula is C13H30O2. The minimum absolute atomic E-state index is 0.222. The van der Waals surface area contributed by atoms with Crippen LogP contribution in [0.5, 0.6) is 0 Å². The smallest absolute Gasteiger partial charge is 0.123 e. The molecule has 0 aromatic carbocycles. The number of carbonyl (C=O) groups is 1. The first-order valence-corrected chi connectivity index (χ1v) is 6.07. The zero-order chi connectivity index (χ0) is 12.7. The quantitative estimate of drug-likeness (QED) is 0.731. The third-order valence-corrected chi connectivity index (χ3v) is 1.78. The van der Waals surface area contributed by atoms with Crippen molar-refractivity contribution >= 4 is 6.29 Å². The third kappa shape index (κ3) is 31.7. The third-order valence-electron chi connectivity index (χ3n) is 1.78. The van der Waals surface area contributed by atoms with Gasteiger partial charge in [0.15, 0.2) is 0 Å². The summed E-state index contributed by atoms with van der Waals surface area (Å²) in [4.78, 5) is 9.95. The Morgan fingerprint density at radius 3 is 1.53 bits per heavy atom. The van der Waals surface area contributed by atoms with Crippen LogP contribution in [0.3, 0.4) is 0 Å². The first kappa shape index (κ1) is 20.1. The van der Waals surface area contributed by atoms with Crippen molar-refractivity contribution in [2.24, 2.45) is 11.8 Å². The van der Waals surface area contributed by atoms with E-state index in [0.717, 1.165) is 19.1 Å². The summed E-state index contributed by atoms with van der Waals surface area (Å²) >= 11 is 0. The molecule has 0 fully saturated rings. The number of unbranched alkanes of at least 4 members (excludes halogenated alkanes) is 1. The van der Waals surface area contributed by atoms with Crippen LogP contribution in [0.1, 0.15) is 60.8 Å². The Morgan fingerprint density at radius 2 is 1.53 bits per heavy atom. The van der Waals surface area contributed by atoms with Crippen molar-refractivity contribution in [2.75, 3.05) is 6.61 Å². The predicted molar refractivity (Wildman–Crippen MR) is 68.0 cm³/mol. The van der Waals surface area contributed by atoms with Crippen LogP contribution in [0.25, 0.3) is 0 Å². The number of aliphatic hydroxyl groups excluding tert-OH is 1. The van der Waals surface area contributed by atoms with Gasteiger partial charge in [-0.15, -0.1) is 0 Å². The lowest BCUT2D eigenvalue weighted by Crippen LogP contribution is -2.03. The van der Waals surface area contributed by atoms with Gasteiger partial charge in [-0.05, 0) is 12.3 Å². The maximum Gasteiger partial charge on any atom is 0.123 e. The Bertz CT molecular complexity index is 98.7. The van der Waals surface area contributed by atoms with Crippen molar-refractivity contribution in [3.63, 3.8) is 0 Å². The van der Waals surface area contributed by atoms with E-state index in [1.54, 1.807) is 0 Å². The van der Waals surface area contributed by atoms with Gasteiger partial charge in [0.25, 0.3) is 0 Å². The Hall–Kier alpha value is -0.370. The molecule has 15 heavy (non-hydrogen) atoms. The molecule has 0 aliphatic carbocycles. The average molecular weight is 218 g/mol. The van der Waals surface area contributed by atoms with Crippen LogP contribution in [-0.4, -0.2) is 18.0 Å². The van der Waals surface area contributed by atoms with Gasteiger partial charge in [0.05, 0.1) is 0 Å². The van der Waals surface area contributed by atoms with Gasteiger partial charge in [0.2, 0.25) is 0 Å². The van der Waals surface area contributed by atoms with E-state index in [1.165, 1.54) is 6.42 Å². The summed E-state index contributed by atoms with van der Waals surface area (Å²) in [5.74, 6) is 0.720. The van der Waals surface area contributed by atoms with Gasteiger partial charge >= 0.3 is 0 Å². The minimum atomic E-state index is 0.222. The van der Waals surface area contributed by atoms with Crippen LogP contribution in [0.15, 0.2) is 0 Å². The lowest BCUT2D eigenvalue weighted by Gasteiger charge is -2.04. The average Bonchev–Trinajstić information content (AvgIpc) is 2.20. The summed E-state index contributed by atoms with van der Waals surface area (Å²) in [5, 5.41) is 8.07. The molecule has 1 atom stereocenters. The molecule has 0 aliphatic heterocycles. The molecule has 2 heteroatoms. The van der Waals surface area contributed by atoms with Gasteiger partial charge in [-0.25, -0.2) is 0 Å². The summed E-state index contributed by atoms with van der Waals surface area (Å²) in [6.07, 6.45) is 4.28. The molecule has 1 N–H and O–H groups in total. The Morgan fingerprint density at radius 1 is 1.13 bits per heavy atom. The molecule has 0 saturated carbocycles. The van der Waals surface area contributed by atoms with E-state index in [1.807, 2.05) is 20.8 Å². The van der Waals surface area contributed by atoms with Crippen molar-refractivity contribution in [2.45, 2.75) is 60.8 Å². The van der Waals surface area contributed by atoms with E-state index >= 15 is 0 Å². The van der Waals surface area contributed by atoms with Gasteiger partial charge in [-0.2, -0.15) is 0 Å². The molecule has 0 aromatic heterocycles. The highest BCUT2D eigenvalue weighted by atomic mass is 16.2. The standard InChI is InChI=1S/C6H12O.C4H10O.C3H8/c1-5(2)6(3)4-7;1-2-3-4-5;1-3-2/h4-6H,1-3H3;5H,2-4H2,1H3;3H2,1-2H3. The first-order valence-electron chi connectivity index (χ1n) is 6.07. The fraction of sp³-hybridized carbons (Fsp3) is 0.923.